The highest BCUT2D eigenvalue weighted by molar-refractivity contribution is 4.84. The van der Waals surface area contributed by atoms with Crippen molar-refractivity contribution in [2.45, 2.75) is 47.1 Å². The second-order valence-corrected chi connectivity index (χ2v) is 5.16. The molecule has 0 saturated carbocycles. The summed E-state index contributed by atoms with van der Waals surface area (Å²) in [7, 11) is 1.77. The van der Waals surface area contributed by atoms with Crippen molar-refractivity contribution in [3.05, 3.63) is 0 Å². The molecule has 2 unspecified atom stereocenters. The predicted molar refractivity (Wildman–Crippen MR) is 62.6 cm³/mol. The van der Waals surface area contributed by atoms with Gasteiger partial charge < -0.3 is 10.1 Å². The molecule has 1 N–H and O–H groups in total. The van der Waals surface area contributed by atoms with Crippen LogP contribution in [0.25, 0.3) is 0 Å². The van der Waals surface area contributed by atoms with Gasteiger partial charge in [-0.2, -0.15) is 0 Å². The zero-order chi connectivity index (χ0) is 11.2. The summed E-state index contributed by atoms with van der Waals surface area (Å²) in [5.41, 5.74) is 0.323. The third-order valence-electron chi connectivity index (χ3n) is 2.70. The van der Waals surface area contributed by atoms with Crippen molar-refractivity contribution < 1.29 is 4.74 Å². The van der Waals surface area contributed by atoms with Crippen LogP contribution < -0.4 is 5.32 Å². The van der Waals surface area contributed by atoms with Crippen molar-refractivity contribution in [3.63, 3.8) is 0 Å². The predicted octanol–water partition coefficient (Wildman–Crippen LogP) is 2.68. The molecule has 0 aliphatic rings. The second kappa shape index (κ2) is 6.41. The second-order valence-electron chi connectivity index (χ2n) is 5.16. The monoisotopic (exact) mass is 201 g/mol. The van der Waals surface area contributed by atoms with Gasteiger partial charge in [-0.25, -0.2) is 0 Å². The highest BCUT2D eigenvalue weighted by atomic mass is 16.5. The average molecular weight is 201 g/mol. The summed E-state index contributed by atoms with van der Waals surface area (Å²) in [6.07, 6.45) is 1.13. The molecule has 14 heavy (non-hydrogen) atoms. The molecule has 2 atom stereocenters. The van der Waals surface area contributed by atoms with E-state index >= 15 is 0 Å². The Kier molecular flexibility index (Phi) is 6.38. The Labute approximate surface area is 89.4 Å². The van der Waals surface area contributed by atoms with E-state index in [0.717, 1.165) is 19.6 Å². The molecule has 2 nitrogen and oxygen atoms in total. The first-order valence-electron chi connectivity index (χ1n) is 5.65. The van der Waals surface area contributed by atoms with Crippen LogP contribution in [0.2, 0.25) is 0 Å². The quantitative estimate of drug-likeness (QED) is 0.713. The number of ether oxygens (including phenoxy) is 1. The number of nitrogens with one attached hydrogen (secondary N) is 1. The van der Waals surface area contributed by atoms with Crippen molar-refractivity contribution in [2.24, 2.45) is 11.3 Å². The molecule has 0 aliphatic heterocycles. The summed E-state index contributed by atoms with van der Waals surface area (Å²) in [4.78, 5) is 0. The lowest BCUT2D eigenvalue weighted by Crippen LogP contribution is -2.45. The Morgan fingerprint density at radius 3 is 2.21 bits per heavy atom. The maximum absolute atomic E-state index is 5.13. The van der Waals surface area contributed by atoms with Crippen molar-refractivity contribution in [2.75, 3.05) is 20.3 Å². The van der Waals surface area contributed by atoms with Crippen LogP contribution in [0.5, 0.6) is 0 Å². The molecule has 0 rings (SSSR count). The molecular weight excluding hydrogens is 174 g/mol. The normalized spacial score (nSPS) is 16.7. The zero-order valence-corrected chi connectivity index (χ0v) is 10.7. The minimum atomic E-state index is 0.323. The van der Waals surface area contributed by atoms with E-state index in [1.807, 2.05) is 0 Å². The van der Waals surface area contributed by atoms with E-state index < -0.39 is 0 Å². The van der Waals surface area contributed by atoms with Gasteiger partial charge in [0, 0.05) is 19.8 Å². The fraction of sp³-hybridized carbons (Fsp3) is 1.00. The molecule has 0 aromatic rings. The summed E-state index contributed by atoms with van der Waals surface area (Å²) < 4.78 is 5.13. The van der Waals surface area contributed by atoms with Crippen LogP contribution in [0, 0.1) is 11.3 Å². The molecule has 2 heteroatoms. The van der Waals surface area contributed by atoms with Crippen LogP contribution in [0.15, 0.2) is 0 Å². The first kappa shape index (κ1) is 13.9. The van der Waals surface area contributed by atoms with Gasteiger partial charge in [0.25, 0.3) is 0 Å². The van der Waals surface area contributed by atoms with Crippen LogP contribution in [-0.2, 0) is 4.74 Å². The van der Waals surface area contributed by atoms with Crippen molar-refractivity contribution in [1.82, 2.24) is 5.32 Å². The maximum atomic E-state index is 5.13. The van der Waals surface area contributed by atoms with Gasteiger partial charge in [0.05, 0.1) is 0 Å². The van der Waals surface area contributed by atoms with E-state index in [1.54, 1.807) is 7.11 Å². The minimum Gasteiger partial charge on any atom is -0.385 e. The standard InChI is InChI=1S/C12H27NO/c1-7-13-11(12(3,4)5)10(2)8-9-14-6/h10-11,13H,7-9H2,1-6H3. The molecule has 86 valence electrons. The first-order chi connectivity index (χ1) is 6.43. The lowest BCUT2D eigenvalue weighted by molar-refractivity contribution is 0.140. The molecule has 0 aliphatic carbocycles. The molecular formula is C12H27NO. The molecule has 0 heterocycles. The average Bonchev–Trinajstić information content (AvgIpc) is 2.08. The van der Waals surface area contributed by atoms with Crippen molar-refractivity contribution in [1.29, 1.82) is 0 Å². The highest BCUT2D eigenvalue weighted by Crippen LogP contribution is 2.26. The smallest absolute Gasteiger partial charge is 0.0465 e. The van der Waals surface area contributed by atoms with Crippen molar-refractivity contribution in [3.8, 4) is 0 Å². The van der Waals surface area contributed by atoms with Gasteiger partial charge in [-0.3, -0.25) is 0 Å². The van der Waals surface area contributed by atoms with E-state index in [0.29, 0.717) is 17.4 Å². The molecule has 0 radical (unpaired) electrons. The first-order valence-corrected chi connectivity index (χ1v) is 5.65. The van der Waals surface area contributed by atoms with E-state index in [1.165, 1.54) is 0 Å². The number of hydrogen-bond acceptors (Lipinski definition) is 2. The van der Waals surface area contributed by atoms with Gasteiger partial charge in [0.1, 0.15) is 0 Å². The number of hydrogen-bond donors (Lipinski definition) is 1. The van der Waals surface area contributed by atoms with E-state index in [-0.39, 0.29) is 0 Å². The van der Waals surface area contributed by atoms with Crippen LogP contribution >= 0.6 is 0 Å². The Hall–Kier alpha value is -0.0800. The summed E-state index contributed by atoms with van der Waals surface area (Å²) in [5.74, 6) is 0.662. The Morgan fingerprint density at radius 2 is 1.86 bits per heavy atom. The van der Waals surface area contributed by atoms with E-state index in [2.05, 4.69) is 39.9 Å². The summed E-state index contributed by atoms with van der Waals surface area (Å²) in [6, 6.07) is 0.572. The van der Waals surface area contributed by atoms with Gasteiger partial charge in [-0.1, -0.05) is 34.6 Å². The summed E-state index contributed by atoms with van der Waals surface area (Å²) in [6.45, 7) is 13.3. The molecule has 0 amide bonds. The number of rotatable bonds is 6. The fourth-order valence-corrected chi connectivity index (χ4v) is 2.05. The summed E-state index contributed by atoms with van der Waals surface area (Å²) >= 11 is 0. The fourth-order valence-electron chi connectivity index (χ4n) is 2.05. The zero-order valence-electron chi connectivity index (χ0n) is 10.7. The van der Waals surface area contributed by atoms with Crippen LogP contribution in [0.1, 0.15) is 41.0 Å². The molecule has 0 bridgehead atoms. The van der Waals surface area contributed by atoms with Crippen LogP contribution in [0.3, 0.4) is 0 Å². The van der Waals surface area contributed by atoms with Gasteiger partial charge >= 0.3 is 0 Å². The number of methoxy groups -OCH3 is 1. The minimum absolute atomic E-state index is 0.323. The highest BCUT2D eigenvalue weighted by Gasteiger charge is 2.28. The maximum Gasteiger partial charge on any atom is 0.0465 e. The molecule has 0 aromatic carbocycles. The Bertz CT molecular complexity index is 140. The molecule has 0 fully saturated rings. The van der Waals surface area contributed by atoms with Crippen molar-refractivity contribution >= 4 is 0 Å². The third-order valence-corrected chi connectivity index (χ3v) is 2.70. The van der Waals surface area contributed by atoms with Crippen LogP contribution in [0.4, 0.5) is 0 Å². The topological polar surface area (TPSA) is 21.3 Å². The van der Waals surface area contributed by atoms with E-state index in [4.69, 9.17) is 4.74 Å². The largest absolute Gasteiger partial charge is 0.385 e. The SMILES string of the molecule is CCNC(C(C)CCOC)C(C)(C)C. The Morgan fingerprint density at radius 1 is 1.29 bits per heavy atom. The van der Waals surface area contributed by atoms with E-state index in [9.17, 15) is 0 Å². The molecule has 0 spiro atoms. The molecule has 0 aromatic heterocycles. The lowest BCUT2D eigenvalue weighted by atomic mass is 9.78. The van der Waals surface area contributed by atoms with Gasteiger partial charge in [-0.05, 0) is 24.3 Å². The lowest BCUT2D eigenvalue weighted by Gasteiger charge is -2.36. The van der Waals surface area contributed by atoms with Gasteiger partial charge in [0.2, 0.25) is 0 Å². The summed E-state index contributed by atoms with van der Waals surface area (Å²) in [5, 5.41) is 3.58. The van der Waals surface area contributed by atoms with Crippen LogP contribution in [-0.4, -0.2) is 26.3 Å². The third kappa shape index (κ3) is 4.97. The Balaban J connectivity index is 4.18. The van der Waals surface area contributed by atoms with Gasteiger partial charge in [-0.15, -0.1) is 0 Å². The van der Waals surface area contributed by atoms with Gasteiger partial charge in [0.15, 0.2) is 0 Å². The molecule has 0 saturated heterocycles.